The van der Waals surface area contributed by atoms with E-state index in [1.807, 2.05) is 18.2 Å². The molecule has 0 radical (unpaired) electrons. The first-order valence-electron chi connectivity index (χ1n) is 17.4. The van der Waals surface area contributed by atoms with E-state index in [-0.39, 0.29) is 22.1 Å². The normalized spacial score (nSPS) is 15.3. The lowest BCUT2D eigenvalue weighted by Gasteiger charge is -2.42. The number of anilines is 3. The molecule has 1 heterocycles. The number of fused-ring (bicyclic) bond motifs is 2. The highest BCUT2D eigenvalue weighted by Gasteiger charge is 2.38. The Balaban J connectivity index is 1.61. The third-order valence-corrected chi connectivity index (χ3v) is 10.8. The monoisotopic (exact) mass is 668 g/mol. The molecule has 0 N–H and O–H groups in total. The van der Waals surface area contributed by atoms with E-state index in [9.17, 15) is 4.39 Å². The molecule has 0 amide bonds. The summed E-state index contributed by atoms with van der Waals surface area (Å²) in [5, 5.41) is 1.83. The fraction of sp³-hybridized carbons (Fsp3) is 0.289. The van der Waals surface area contributed by atoms with Crippen LogP contribution in [0.25, 0.3) is 27.7 Å². The third-order valence-electron chi connectivity index (χ3n) is 10.6. The van der Waals surface area contributed by atoms with Crippen LogP contribution in [0, 0.1) is 12.7 Å². The number of aryl methyl sites for hydroxylation is 1. The topological polar surface area (TPSA) is 8.17 Å². The zero-order valence-corrected chi connectivity index (χ0v) is 30.7. The van der Waals surface area contributed by atoms with Gasteiger partial charge in [-0.25, -0.2) is 4.39 Å². The van der Waals surface area contributed by atoms with Crippen LogP contribution in [0.3, 0.4) is 0 Å². The average molecular weight is 669 g/mol. The maximum atomic E-state index is 14.3. The predicted molar refractivity (Wildman–Crippen MR) is 207 cm³/mol. The Labute approximate surface area is 296 Å². The molecule has 250 valence electrons. The number of rotatable bonds is 5. The molecule has 6 aromatic rings. The van der Waals surface area contributed by atoms with Gasteiger partial charge in [0.05, 0.1) is 16.9 Å². The van der Waals surface area contributed by atoms with Crippen molar-refractivity contribution in [2.24, 2.45) is 0 Å². The second kappa shape index (κ2) is 11.9. The summed E-state index contributed by atoms with van der Waals surface area (Å²) in [6, 6.07) is 35.5. The van der Waals surface area contributed by atoms with Crippen LogP contribution < -0.4 is 4.90 Å². The lowest BCUT2D eigenvalue weighted by atomic mass is 9.63. The molecule has 1 aliphatic carbocycles. The molecule has 4 heteroatoms. The minimum absolute atomic E-state index is 0.0231. The highest BCUT2D eigenvalue weighted by molar-refractivity contribution is 6.31. The molecule has 5 aromatic carbocycles. The van der Waals surface area contributed by atoms with Gasteiger partial charge in [-0.2, -0.15) is 0 Å². The lowest BCUT2D eigenvalue weighted by molar-refractivity contribution is 0.332. The van der Waals surface area contributed by atoms with Crippen LogP contribution in [0.4, 0.5) is 21.5 Å². The van der Waals surface area contributed by atoms with Crippen molar-refractivity contribution in [2.75, 3.05) is 4.90 Å². The van der Waals surface area contributed by atoms with Crippen LogP contribution in [0.15, 0.2) is 109 Å². The molecule has 0 atom stereocenters. The zero-order valence-electron chi connectivity index (χ0n) is 30.0. The van der Waals surface area contributed by atoms with Crippen molar-refractivity contribution in [3.8, 4) is 16.8 Å². The van der Waals surface area contributed by atoms with Crippen LogP contribution in [0.2, 0.25) is 5.02 Å². The second-order valence-electron chi connectivity index (χ2n) is 16.2. The summed E-state index contributed by atoms with van der Waals surface area (Å²) in [7, 11) is 0. The fourth-order valence-corrected chi connectivity index (χ4v) is 7.85. The summed E-state index contributed by atoms with van der Waals surface area (Å²) in [6.07, 6.45) is 4.47. The first kappa shape index (κ1) is 33.2. The minimum atomic E-state index is -0.247. The van der Waals surface area contributed by atoms with E-state index in [0.29, 0.717) is 5.02 Å². The molecule has 0 bridgehead atoms. The Kier molecular flexibility index (Phi) is 8.07. The predicted octanol–water partition coefficient (Wildman–Crippen LogP) is 13.5. The molecular weight excluding hydrogens is 623 g/mol. The average Bonchev–Trinajstić information content (AvgIpc) is 3.41. The zero-order chi connectivity index (χ0) is 34.9. The largest absolute Gasteiger partial charge is 0.314 e. The number of hydrogen-bond acceptors (Lipinski definition) is 1. The van der Waals surface area contributed by atoms with Gasteiger partial charge in [0.1, 0.15) is 5.82 Å². The molecular formula is C45H46ClFN2. The van der Waals surface area contributed by atoms with Gasteiger partial charge in [0.2, 0.25) is 0 Å². The van der Waals surface area contributed by atoms with Crippen molar-refractivity contribution < 1.29 is 4.39 Å². The molecule has 0 aliphatic heterocycles. The van der Waals surface area contributed by atoms with E-state index in [4.69, 9.17) is 11.6 Å². The smallest absolute Gasteiger partial charge is 0.123 e. The van der Waals surface area contributed by atoms with Crippen LogP contribution >= 0.6 is 11.6 Å². The number of nitrogens with zero attached hydrogens (tertiary/aromatic N) is 2. The maximum absolute atomic E-state index is 14.3. The van der Waals surface area contributed by atoms with E-state index in [1.54, 1.807) is 12.1 Å². The first-order chi connectivity index (χ1) is 23.1. The number of benzene rings is 5. The van der Waals surface area contributed by atoms with Crippen molar-refractivity contribution >= 4 is 39.6 Å². The fourth-order valence-electron chi connectivity index (χ4n) is 7.56. The SMILES string of the molecule is Cc1cc(Cl)cc(N(c2ccc(C(C)(C)C)cc2-c2ccccc2)c2cn(-c3ccc(F)cc3)c3cc4c(cc23)C(C)(C)CCC4(C)C)c1. The van der Waals surface area contributed by atoms with E-state index < -0.39 is 0 Å². The Morgan fingerprint density at radius 2 is 1.39 bits per heavy atom. The molecule has 0 unspecified atom stereocenters. The third kappa shape index (κ3) is 6.08. The Morgan fingerprint density at radius 3 is 2.02 bits per heavy atom. The molecule has 0 fully saturated rings. The van der Waals surface area contributed by atoms with Crippen LogP contribution in [-0.2, 0) is 16.2 Å². The van der Waals surface area contributed by atoms with Crippen LogP contribution in [0.5, 0.6) is 0 Å². The summed E-state index contributed by atoms with van der Waals surface area (Å²) in [5.41, 5.74) is 12.6. The highest BCUT2D eigenvalue weighted by Crippen LogP contribution is 2.51. The molecule has 0 saturated carbocycles. The van der Waals surface area contributed by atoms with E-state index in [0.717, 1.165) is 63.2 Å². The van der Waals surface area contributed by atoms with Gasteiger partial charge in [0.15, 0.2) is 0 Å². The van der Waals surface area contributed by atoms with Gasteiger partial charge < -0.3 is 9.47 Å². The standard InChI is InChI=1S/C45H46ClFN2/c1-29-22-32(46)25-35(23-29)49(40-19-14-31(43(2,3)4)24-36(40)30-12-10-9-11-13-30)42-28-48(34-17-15-33(47)16-18-34)41-27-39-38(26-37(41)42)44(5,6)20-21-45(39,7)8/h9-19,22-28H,20-21H2,1-8H3. The molecule has 2 nitrogen and oxygen atoms in total. The highest BCUT2D eigenvalue weighted by atomic mass is 35.5. The summed E-state index contributed by atoms with van der Waals surface area (Å²) >= 11 is 6.84. The van der Waals surface area contributed by atoms with Crippen molar-refractivity contribution in [3.63, 3.8) is 0 Å². The van der Waals surface area contributed by atoms with Gasteiger partial charge in [-0.1, -0.05) is 96.5 Å². The minimum Gasteiger partial charge on any atom is -0.314 e. The van der Waals surface area contributed by atoms with Gasteiger partial charge in [-0.3, -0.25) is 0 Å². The number of aromatic nitrogens is 1. The molecule has 0 saturated heterocycles. The van der Waals surface area contributed by atoms with Crippen molar-refractivity contribution in [1.29, 1.82) is 0 Å². The second-order valence-corrected chi connectivity index (χ2v) is 16.7. The molecule has 1 aliphatic rings. The first-order valence-corrected chi connectivity index (χ1v) is 17.7. The lowest BCUT2D eigenvalue weighted by Crippen LogP contribution is -2.33. The Hall–Kier alpha value is -4.34. The Morgan fingerprint density at radius 1 is 0.735 bits per heavy atom. The van der Waals surface area contributed by atoms with Gasteiger partial charge in [0, 0.05) is 33.5 Å². The van der Waals surface area contributed by atoms with Gasteiger partial charge in [-0.15, -0.1) is 0 Å². The van der Waals surface area contributed by atoms with Crippen LogP contribution in [-0.4, -0.2) is 4.57 Å². The van der Waals surface area contributed by atoms with Crippen molar-refractivity contribution in [1.82, 2.24) is 4.57 Å². The van der Waals surface area contributed by atoms with E-state index >= 15 is 0 Å². The maximum Gasteiger partial charge on any atom is 0.123 e. The van der Waals surface area contributed by atoms with Gasteiger partial charge in [0.25, 0.3) is 0 Å². The van der Waals surface area contributed by atoms with E-state index in [2.05, 4.69) is 144 Å². The summed E-state index contributed by atoms with van der Waals surface area (Å²) in [6.45, 7) is 18.4. The summed E-state index contributed by atoms with van der Waals surface area (Å²) in [5.74, 6) is -0.247. The summed E-state index contributed by atoms with van der Waals surface area (Å²) < 4.78 is 16.5. The van der Waals surface area contributed by atoms with Gasteiger partial charge >= 0.3 is 0 Å². The summed E-state index contributed by atoms with van der Waals surface area (Å²) in [4.78, 5) is 2.38. The van der Waals surface area contributed by atoms with E-state index in [1.165, 1.54) is 16.7 Å². The quantitative estimate of drug-likeness (QED) is 0.177. The van der Waals surface area contributed by atoms with Crippen molar-refractivity contribution in [2.45, 2.75) is 84.5 Å². The number of halogens is 2. The van der Waals surface area contributed by atoms with Crippen molar-refractivity contribution in [3.05, 3.63) is 142 Å². The molecule has 7 rings (SSSR count). The van der Waals surface area contributed by atoms with Crippen LogP contribution in [0.1, 0.15) is 83.6 Å². The molecule has 1 aromatic heterocycles. The Bertz CT molecular complexity index is 2160. The molecule has 0 spiro atoms. The number of hydrogen-bond donors (Lipinski definition) is 0. The van der Waals surface area contributed by atoms with Gasteiger partial charge in [-0.05, 0) is 131 Å². The molecule has 49 heavy (non-hydrogen) atoms.